The number of fused-ring (bicyclic) bond motifs is 1. The molecule has 1 aliphatic heterocycles. The molecule has 7 heteroatoms. The van der Waals surface area contributed by atoms with Gasteiger partial charge in [0.2, 0.25) is 0 Å². The molecular formula is C19H16Cl3N3O. The van der Waals surface area contributed by atoms with Crippen LogP contribution >= 0.6 is 34.8 Å². The summed E-state index contributed by atoms with van der Waals surface area (Å²) in [6, 6.07) is 11.0. The van der Waals surface area contributed by atoms with Crippen molar-refractivity contribution in [2.45, 2.75) is 12.8 Å². The van der Waals surface area contributed by atoms with Gasteiger partial charge < -0.3 is 10.1 Å². The first-order valence-electron chi connectivity index (χ1n) is 8.19. The molecule has 1 aliphatic rings. The van der Waals surface area contributed by atoms with Gasteiger partial charge in [-0.1, -0.05) is 40.9 Å². The summed E-state index contributed by atoms with van der Waals surface area (Å²) in [4.78, 5) is 0. The van der Waals surface area contributed by atoms with E-state index in [-0.39, 0.29) is 0 Å². The van der Waals surface area contributed by atoms with Crippen molar-refractivity contribution in [1.29, 1.82) is 0 Å². The Morgan fingerprint density at radius 2 is 1.88 bits per heavy atom. The van der Waals surface area contributed by atoms with Crippen molar-refractivity contribution in [1.82, 2.24) is 9.78 Å². The zero-order chi connectivity index (χ0) is 18.3. The van der Waals surface area contributed by atoms with Gasteiger partial charge in [-0.3, -0.25) is 0 Å². The van der Waals surface area contributed by atoms with E-state index in [1.165, 1.54) is 5.56 Å². The van der Waals surface area contributed by atoms with Crippen molar-refractivity contribution >= 4 is 40.6 Å². The lowest BCUT2D eigenvalue weighted by Gasteiger charge is -2.11. The van der Waals surface area contributed by atoms with Crippen molar-refractivity contribution in [3.8, 4) is 11.4 Å². The summed E-state index contributed by atoms with van der Waals surface area (Å²) in [6.07, 6.45) is 1.55. The van der Waals surface area contributed by atoms with Gasteiger partial charge in [-0.15, -0.1) is 0 Å². The first kappa shape index (κ1) is 17.5. The zero-order valence-electron chi connectivity index (χ0n) is 14.0. The maximum Gasteiger partial charge on any atom is 0.144 e. The molecule has 4 rings (SSSR count). The summed E-state index contributed by atoms with van der Waals surface area (Å²) in [5.41, 5.74) is 3.97. The van der Waals surface area contributed by atoms with Crippen LogP contribution in [0, 0.1) is 0 Å². The summed E-state index contributed by atoms with van der Waals surface area (Å²) in [7, 11) is 1.64. The average molecular weight is 409 g/mol. The second-order valence-corrected chi connectivity index (χ2v) is 7.37. The number of methoxy groups -OCH3 is 1. The van der Waals surface area contributed by atoms with Crippen molar-refractivity contribution in [2.24, 2.45) is 0 Å². The van der Waals surface area contributed by atoms with Gasteiger partial charge in [0.05, 0.1) is 12.8 Å². The quantitative estimate of drug-likeness (QED) is 0.628. The lowest BCUT2D eigenvalue weighted by molar-refractivity contribution is 0.412. The Morgan fingerprint density at radius 3 is 2.65 bits per heavy atom. The standard InChI is InChI=1S/C19H16Cl3N3O/c1-26-18-5-4-13(21)10-17(18)25-19-14(6-7-23-19)16(24-25)8-11-2-3-12(20)9-15(11)22/h2-5,9-10,23H,6-8H2,1H3. The summed E-state index contributed by atoms with van der Waals surface area (Å²) in [5, 5.41) is 10.2. The average Bonchev–Trinajstić information content (AvgIpc) is 3.21. The molecule has 1 aromatic heterocycles. The minimum absolute atomic E-state index is 0.625. The Morgan fingerprint density at radius 1 is 1.12 bits per heavy atom. The Bertz CT molecular complexity index is 984. The molecule has 0 bridgehead atoms. The molecule has 4 nitrogen and oxygen atoms in total. The van der Waals surface area contributed by atoms with Crippen LogP contribution in [-0.2, 0) is 12.8 Å². The van der Waals surface area contributed by atoms with Gasteiger partial charge in [-0.25, -0.2) is 4.68 Å². The van der Waals surface area contributed by atoms with Crippen LogP contribution in [0.15, 0.2) is 36.4 Å². The second-order valence-electron chi connectivity index (χ2n) is 6.09. The fraction of sp³-hybridized carbons (Fsp3) is 0.211. The third kappa shape index (κ3) is 3.13. The van der Waals surface area contributed by atoms with Crippen LogP contribution in [-0.4, -0.2) is 23.4 Å². The van der Waals surface area contributed by atoms with Crippen molar-refractivity contribution in [3.05, 3.63) is 68.3 Å². The third-order valence-electron chi connectivity index (χ3n) is 4.48. The van der Waals surface area contributed by atoms with Crippen LogP contribution in [0.5, 0.6) is 5.75 Å². The summed E-state index contributed by atoms with van der Waals surface area (Å²) >= 11 is 18.6. The molecule has 0 unspecified atom stereocenters. The van der Waals surface area contributed by atoms with E-state index in [0.29, 0.717) is 27.2 Å². The first-order valence-corrected chi connectivity index (χ1v) is 9.32. The molecule has 2 heterocycles. The van der Waals surface area contributed by atoms with Gasteiger partial charge >= 0.3 is 0 Å². The van der Waals surface area contributed by atoms with Gasteiger partial charge in [-0.2, -0.15) is 5.10 Å². The number of halogens is 3. The smallest absolute Gasteiger partial charge is 0.144 e. The van der Waals surface area contributed by atoms with Crippen LogP contribution in [0.1, 0.15) is 16.8 Å². The largest absolute Gasteiger partial charge is 0.494 e. The van der Waals surface area contributed by atoms with Gasteiger partial charge in [0.15, 0.2) is 0 Å². The topological polar surface area (TPSA) is 39.1 Å². The predicted octanol–water partition coefficient (Wildman–Crippen LogP) is 5.40. The van der Waals surface area contributed by atoms with Crippen molar-refractivity contribution < 1.29 is 4.74 Å². The number of ether oxygens (including phenoxy) is 1. The normalized spacial score (nSPS) is 12.8. The van der Waals surface area contributed by atoms with E-state index < -0.39 is 0 Å². The molecule has 0 saturated heterocycles. The highest BCUT2D eigenvalue weighted by atomic mass is 35.5. The molecule has 0 radical (unpaired) electrons. The maximum atomic E-state index is 6.35. The minimum Gasteiger partial charge on any atom is -0.494 e. The molecule has 0 aliphatic carbocycles. The number of aromatic nitrogens is 2. The van der Waals surface area contributed by atoms with Crippen LogP contribution in [0.2, 0.25) is 15.1 Å². The Balaban J connectivity index is 1.80. The lowest BCUT2D eigenvalue weighted by Crippen LogP contribution is -2.06. The van der Waals surface area contributed by atoms with E-state index in [0.717, 1.165) is 35.7 Å². The van der Waals surface area contributed by atoms with E-state index in [1.54, 1.807) is 19.2 Å². The molecule has 0 saturated carbocycles. The van der Waals surface area contributed by atoms with Gasteiger partial charge in [-0.05, 0) is 42.3 Å². The van der Waals surface area contributed by atoms with Gasteiger partial charge in [0.25, 0.3) is 0 Å². The second kappa shape index (κ2) is 7.03. The molecule has 2 aromatic carbocycles. The highest BCUT2D eigenvalue weighted by molar-refractivity contribution is 6.35. The number of benzene rings is 2. The number of hydrogen-bond donors (Lipinski definition) is 1. The summed E-state index contributed by atoms with van der Waals surface area (Å²) in [5.74, 6) is 1.69. The zero-order valence-corrected chi connectivity index (χ0v) is 16.3. The van der Waals surface area contributed by atoms with Gasteiger partial charge in [0.1, 0.15) is 17.3 Å². The molecule has 0 fully saturated rings. The van der Waals surface area contributed by atoms with Crippen molar-refractivity contribution in [2.75, 3.05) is 19.0 Å². The highest BCUT2D eigenvalue weighted by Gasteiger charge is 2.25. The molecule has 1 N–H and O–H groups in total. The van der Waals surface area contributed by atoms with E-state index >= 15 is 0 Å². The number of hydrogen-bond acceptors (Lipinski definition) is 3. The number of nitrogens with zero attached hydrogens (tertiary/aromatic N) is 2. The molecule has 26 heavy (non-hydrogen) atoms. The Labute approximate surface area is 166 Å². The molecule has 134 valence electrons. The van der Waals surface area contributed by atoms with Crippen LogP contribution in [0.4, 0.5) is 5.82 Å². The van der Waals surface area contributed by atoms with E-state index in [4.69, 9.17) is 44.6 Å². The molecular weight excluding hydrogens is 393 g/mol. The summed E-state index contributed by atoms with van der Waals surface area (Å²) in [6.45, 7) is 0.872. The van der Waals surface area contributed by atoms with Crippen LogP contribution in [0.25, 0.3) is 5.69 Å². The molecule has 0 amide bonds. The van der Waals surface area contributed by atoms with Crippen LogP contribution < -0.4 is 10.1 Å². The number of rotatable bonds is 4. The lowest BCUT2D eigenvalue weighted by atomic mass is 10.1. The SMILES string of the molecule is COc1ccc(Cl)cc1-n1nc(Cc2ccc(Cl)cc2Cl)c2c1NCC2. The van der Waals surface area contributed by atoms with E-state index in [1.807, 2.05) is 28.9 Å². The predicted molar refractivity (Wildman–Crippen MR) is 107 cm³/mol. The van der Waals surface area contributed by atoms with Crippen molar-refractivity contribution in [3.63, 3.8) is 0 Å². The molecule has 0 atom stereocenters. The number of nitrogens with one attached hydrogen (secondary N) is 1. The van der Waals surface area contributed by atoms with E-state index in [9.17, 15) is 0 Å². The maximum absolute atomic E-state index is 6.35. The summed E-state index contributed by atoms with van der Waals surface area (Å²) < 4.78 is 7.36. The third-order valence-corrected chi connectivity index (χ3v) is 5.30. The first-order chi connectivity index (χ1) is 12.6. The molecule has 0 spiro atoms. The monoisotopic (exact) mass is 407 g/mol. The van der Waals surface area contributed by atoms with E-state index in [2.05, 4.69) is 5.32 Å². The fourth-order valence-corrected chi connectivity index (χ4v) is 3.88. The molecule has 3 aromatic rings. The minimum atomic E-state index is 0.625. The van der Waals surface area contributed by atoms with Gasteiger partial charge in [0, 0.05) is 33.6 Å². The fourth-order valence-electron chi connectivity index (χ4n) is 3.24. The highest BCUT2D eigenvalue weighted by Crippen LogP contribution is 2.35. The number of anilines is 1. The Kier molecular flexibility index (Phi) is 4.74. The van der Waals surface area contributed by atoms with Crippen LogP contribution in [0.3, 0.4) is 0 Å². The Hall–Kier alpha value is -1.88.